The maximum absolute atomic E-state index is 13.3. The second-order valence-corrected chi connectivity index (χ2v) is 4.50. The van der Waals surface area contributed by atoms with Gasteiger partial charge in [-0.05, 0) is 31.4 Å². The number of nitrogens with zero attached hydrogens (tertiary/aromatic N) is 1. The van der Waals surface area contributed by atoms with E-state index in [-0.39, 0.29) is 5.56 Å². The molecule has 1 aromatic carbocycles. The molecular formula is C13H15FN2. The summed E-state index contributed by atoms with van der Waals surface area (Å²) in [4.78, 5) is 0. The van der Waals surface area contributed by atoms with Gasteiger partial charge < -0.3 is 5.32 Å². The molecule has 1 atom stereocenters. The van der Waals surface area contributed by atoms with E-state index in [0.29, 0.717) is 11.7 Å². The minimum atomic E-state index is -0.453. The lowest BCUT2D eigenvalue weighted by Crippen LogP contribution is -2.16. The molecule has 0 saturated heterocycles. The molecule has 0 amide bonds. The lowest BCUT2D eigenvalue weighted by Gasteiger charge is -2.15. The van der Waals surface area contributed by atoms with E-state index < -0.39 is 5.82 Å². The number of nitriles is 1. The van der Waals surface area contributed by atoms with E-state index in [2.05, 4.69) is 12.2 Å². The van der Waals surface area contributed by atoms with Gasteiger partial charge in [-0.15, -0.1) is 0 Å². The number of anilines is 1. The topological polar surface area (TPSA) is 35.8 Å². The minimum Gasteiger partial charge on any atom is -0.381 e. The fourth-order valence-electron chi connectivity index (χ4n) is 1.94. The van der Waals surface area contributed by atoms with E-state index in [1.54, 1.807) is 12.1 Å². The molecule has 0 aromatic heterocycles. The molecule has 1 unspecified atom stereocenters. The average molecular weight is 218 g/mol. The standard InChI is InChI=1S/C13H15FN2/c1-9(7-10-5-6-10)16-13-4-2-3-12(14)11(13)8-15/h2-4,9-10,16H,5-7H2,1H3. The van der Waals surface area contributed by atoms with Crippen LogP contribution in [0, 0.1) is 23.1 Å². The van der Waals surface area contributed by atoms with Crippen LogP contribution in [0.1, 0.15) is 31.7 Å². The Bertz CT molecular complexity index is 418. The summed E-state index contributed by atoms with van der Waals surface area (Å²) in [7, 11) is 0. The first-order valence-electron chi connectivity index (χ1n) is 5.66. The molecule has 1 saturated carbocycles. The third-order valence-electron chi connectivity index (χ3n) is 2.91. The van der Waals surface area contributed by atoms with Crippen molar-refractivity contribution in [3.05, 3.63) is 29.6 Å². The first-order valence-corrected chi connectivity index (χ1v) is 5.66. The van der Waals surface area contributed by atoms with E-state index in [0.717, 1.165) is 12.3 Å². The fraction of sp³-hybridized carbons (Fsp3) is 0.462. The highest BCUT2D eigenvalue weighted by atomic mass is 19.1. The first-order chi connectivity index (χ1) is 7.70. The lowest BCUT2D eigenvalue weighted by atomic mass is 10.1. The Morgan fingerprint density at radius 1 is 1.56 bits per heavy atom. The van der Waals surface area contributed by atoms with E-state index in [4.69, 9.17) is 5.26 Å². The van der Waals surface area contributed by atoms with Gasteiger partial charge >= 0.3 is 0 Å². The van der Waals surface area contributed by atoms with Crippen LogP contribution < -0.4 is 5.32 Å². The molecular weight excluding hydrogens is 203 g/mol. The zero-order valence-electron chi connectivity index (χ0n) is 9.33. The van der Waals surface area contributed by atoms with Gasteiger partial charge in [-0.1, -0.05) is 18.9 Å². The quantitative estimate of drug-likeness (QED) is 0.841. The van der Waals surface area contributed by atoms with Crippen LogP contribution in [0.25, 0.3) is 0 Å². The summed E-state index contributed by atoms with van der Waals surface area (Å²) in [5.41, 5.74) is 0.723. The highest BCUT2D eigenvalue weighted by Crippen LogP contribution is 2.34. The van der Waals surface area contributed by atoms with Gasteiger partial charge in [0.25, 0.3) is 0 Å². The average Bonchev–Trinajstić information content (AvgIpc) is 3.02. The molecule has 1 aliphatic carbocycles. The molecule has 0 heterocycles. The van der Waals surface area contributed by atoms with E-state index in [1.807, 2.05) is 6.07 Å². The summed E-state index contributed by atoms with van der Waals surface area (Å²) >= 11 is 0. The summed E-state index contributed by atoms with van der Waals surface area (Å²) in [6, 6.07) is 6.89. The Kier molecular flexibility index (Phi) is 3.09. The zero-order chi connectivity index (χ0) is 11.5. The molecule has 0 spiro atoms. The lowest BCUT2D eigenvalue weighted by molar-refractivity contribution is 0.620. The predicted molar refractivity (Wildman–Crippen MR) is 61.5 cm³/mol. The predicted octanol–water partition coefficient (Wildman–Crippen LogP) is 3.30. The maximum atomic E-state index is 13.3. The van der Waals surface area contributed by atoms with E-state index >= 15 is 0 Å². The minimum absolute atomic E-state index is 0.116. The van der Waals surface area contributed by atoms with Gasteiger partial charge in [-0.2, -0.15) is 5.26 Å². The monoisotopic (exact) mass is 218 g/mol. The number of rotatable bonds is 4. The van der Waals surface area contributed by atoms with Crippen LogP contribution in [-0.2, 0) is 0 Å². The number of nitrogens with one attached hydrogen (secondary N) is 1. The molecule has 2 rings (SSSR count). The third kappa shape index (κ3) is 2.52. The fourth-order valence-corrected chi connectivity index (χ4v) is 1.94. The van der Waals surface area contributed by atoms with Gasteiger partial charge in [-0.25, -0.2) is 4.39 Å². The normalized spacial score (nSPS) is 16.6. The van der Waals surface area contributed by atoms with Crippen molar-refractivity contribution >= 4 is 5.69 Å². The number of hydrogen-bond acceptors (Lipinski definition) is 2. The Hall–Kier alpha value is -1.56. The van der Waals surface area contributed by atoms with Crippen molar-refractivity contribution in [2.45, 2.75) is 32.2 Å². The van der Waals surface area contributed by atoms with Gasteiger partial charge in [0.2, 0.25) is 0 Å². The Morgan fingerprint density at radius 3 is 2.94 bits per heavy atom. The SMILES string of the molecule is CC(CC1CC1)Nc1cccc(F)c1C#N. The van der Waals surface area contributed by atoms with Gasteiger partial charge in [0.1, 0.15) is 17.4 Å². The largest absolute Gasteiger partial charge is 0.381 e. The van der Waals surface area contributed by atoms with Gasteiger partial charge in [-0.3, -0.25) is 0 Å². The van der Waals surface area contributed by atoms with Crippen LogP contribution in [0.4, 0.5) is 10.1 Å². The first kappa shape index (κ1) is 10.9. The molecule has 1 fully saturated rings. The Labute approximate surface area is 95.1 Å². The van der Waals surface area contributed by atoms with Crippen molar-refractivity contribution in [2.75, 3.05) is 5.32 Å². The van der Waals surface area contributed by atoms with Gasteiger partial charge in [0, 0.05) is 6.04 Å². The molecule has 84 valence electrons. The third-order valence-corrected chi connectivity index (χ3v) is 2.91. The van der Waals surface area contributed by atoms with Crippen LogP contribution in [0.15, 0.2) is 18.2 Å². The molecule has 1 N–H and O–H groups in total. The molecule has 2 nitrogen and oxygen atoms in total. The van der Waals surface area contributed by atoms with Crippen LogP contribution in [0.3, 0.4) is 0 Å². The smallest absolute Gasteiger partial charge is 0.143 e. The Morgan fingerprint density at radius 2 is 2.31 bits per heavy atom. The molecule has 1 aliphatic rings. The van der Waals surface area contributed by atoms with Crippen LogP contribution in [0.2, 0.25) is 0 Å². The van der Waals surface area contributed by atoms with Crippen molar-refractivity contribution in [2.24, 2.45) is 5.92 Å². The molecule has 0 aliphatic heterocycles. The van der Waals surface area contributed by atoms with Crippen molar-refractivity contribution in [1.29, 1.82) is 5.26 Å². The van der Waals surface area contributed by atoms with E-state index in [1.165, 1.54) is 18.9 Å². The summed E-state index contributed by atoms with van der Waals surface area (Å²) in [5.74, 6) is 0.368. The molecule has 16 heavy (non-hydrogen) atoms. The summed E-state index contributed by atoms with van der Waals surface area (Å²) in [6.07, 6.45) is 3.71. The zero-order valence-corrected chi connectivity index (χ0v) is 9.33. The Balaban J connectivity index is 2.07. The van der Waals surface area contributed by atoms with Crippen LogP contribution >= 0.6 is 0 Å². The van der Waals surface area contributed by atoms with Crippen molar-refractivity contribution < 1.29 is 4.39 Å². The highest BCUT2D eigenvalue weighted by molar-refractivity contribution is 5.58. The summed E-state index contributed by atoms with van der Waals surface area (Å²) in [6.45, 7) is 2.07. The summed E-state index contributed by atoms with van der Waals surface area (Å²) < 4.78 is 13.3. The van der Waals surface area contributed by atoms with Crippen molar-refractivity contribution in [1.82, 2.24) is 0 Å². The molecule has 1 aromatic rings. The second-order valence-electron chi connectivity index (χ2n) is 4.50. The molecule has 0 bridgehead atoms. The van der Waals surface area contributed by atoms with Crippen LogP contribution in [0.5, 0.6) is 0 Å². The van der Waals surface area contributed by atoms with Crippen molar-refractivity contribution in [3.63, 3.8) is 0 Å². The van der Waals surface area contributed by atoms with Gasteiger partial charge in [0.05, 0.1) is 5.69 Å². The number of halogens is 1. The maximum Gasteiger partial charge on any atom is 0.143 e. The number of hydrogen-bond donors (Lipinski definition) is 1. The van der Waals surface area contributed by atoms with Gasteiger partial charge in [0.15, 0.2) is 0 Å². The molecule has 0 radical (unpaired) electrons. The highest BCUT2D eigenvalue weighted by Gasteiger charge is 2.23. The summed E-state index contributed by atoms with van der Waals surface area (Å²) in [5, 5.41) is 12.1. The van der Waals surface area contributed by atoms with Crippen molar-refractivity contribution in [3.8, 4) is 6.07 Å². The van der Waals surface area contributed by atoms with Crippen LogP contribution in [-0.4, -0.2) is 6.04 Å². The number of benzene rings is 1. The van der Waals surface area contributed by atoms with E-state index in [9.17, 15) is 4.39 Å². The molecule has 3 heteroatoms. The second kappa shape index (κ2) is 4.52.